The summed E-state index contributed by atoms with van der Waals surface area (Å²) in [5.41, 5.74) is 1.89. The highest BCUT2D eigenvalue weighted by atomic mass is 32.1. The van der Waals surface area contributed by atoms with Gasteiger partial charge in [0.2, 0.25) is 0 Å². The van der Waals surface area contributed by atoms with Gasteiger partial charge < -0.3 is 10.1 Å². The first-order valence-corrected chi connectivity index (χ1v) is 9.91. The molecule has 1 aliphatic rings. The van der Waals surface area contributed by atoms with Gasteiger partial charge in [-0.25, -0.2) is 0 Å². The molecule has 0 aliphatic carbocycles. The number of methoxy groups -OCH3 is 1. The highest BCUT2D eigenvalue weighted by Gasteiger charge is 2.23. The number of thiophene rings is 1. The van der Waals surface area contributed by atoms with Crippen molar-refractivity contribution >= 4 is 17.2 Å². The van der Waals surface area contributed by atoms with Crippen LogP contribution in [-0.2, 0) is 0 Å². The summed E-state index contributed by atoms with van der Waals surface area (Å²) in [5, 5.41) is 7.44. The summed E-state index contributed by atoms with van der Waals surface area (Å²) in [6.45, 7) is 2.82. The van der Waals surface area contributed by atoms with Crippen LogP contribution in [0.3, 0.4) is 0 Å². The first-order valence-electron chi connectivity index (χ1n) is 8.97. The highest BCUT2D eigenvalue weighted by Crippen LogP contribution is 2.26. The number of amides is 1. The number of hydrogen-bond donors (Lipinski definition) is 1. The predicted molar refractivity (Wildman–Crippen MR) is 102 cm³/mol. The van der Waals surface area contributed by atoms with Crippen LogP contribution in [-0.4, -0.2) is 37.6 Å². The van der Waals surface area contributed by atoms with E-state index in [4.69, 9.17) is 4.74 Å². The molecule has 134 valence electrons. The molecule has 1 fully saturated rings. The van der Waals surface area contributed by atoms with Gasteiger partial charge in [0.05, 0.1) is 18.7 Å². The number of carbonyl (C=O) groups is 1. The zero-order chi connectivity index (χ0) is 17.5. The SMILES string of the molecule is COc1ccccc1C(=O)NCC(c1ccsc1)N1CCCCCC1. The lowest BCUT2D eigenvalue weighted by molar-refractivity contribution is 0.0930. The summed E-state index contributed by atoms with van der Waals surface area (Å²) in [6.07, 6.45) is 5.09. The summed E-state index contributed by atoms with van der Waals surface area (Å²) in [4.78, 5) is 15.2. The van der Waals surface area contributed by atoms with Crippen molar-refractivity contribution in [1.29, 1.82) is 0 Å². The van der Waals surface area contributed by atoms with E-state index in [0.717, 1.165) is 13.1 Å². The van der Waals surface area contributed by atoms with E-state index in [9.17, 15) is 4.79 Å². The Morgan fingerprint density at radius 1 is 1.20 bits per heavy atom. The van der Waals surface area contributed by atoms with Crippen LogP contribution < -0.4 is 10.1 Å². The maximum Gasteiger partial charge on any atom is 0.255 e. The average Bonchev–Trinajstić information content (AvgIpc) is 3.04. The molecule has 1 unspecified atom stereocenters. The standard InChI is InChI=1S/C20H26N2O2S/c1-24-19-9-5-4-8-17(19)20(23)21-14-18(16-10-13-25-15-16)22-11-6-2-3-7-12-22/h4-5,8-10,13,15,18H,2-3,6-7,11-12,14H2,1H3,(H,21,23). The van der Waals surface area contributed by atoms with Gasteiger partial charge in [0, 0.05) is 6.54 Å². The van der Waals surface area contributed by atoms with E-state index in [-0.39, 0.29) is 11.9 Å². The molecule has 3 rings (SSSR count). The summed E-state index contributed by atoms with van der Waals surface area (Å²) in [6, 6.07) is 9.78. The average molecular weight is 359 g/mol. The van der Waals surface area contributed by atoms with Gasteiger partial charge in [-0.15, -0.1) is 0 Å². The van der Waals surface area contributed by atoms with E-state index in [2.05, 4.69) is 27.0 Å². The summed E-state index contributed by atoms with van der Waals surface area (Å²) in [5.74, 6) is 0.536. The normalized spacial score (nSPS) is 16.8. The summed E-state index contributed by atoms with van der Waals surface area (Å²) in [7, 11) is 1.59. The zero-order valence-corrected chi connectivity index (χ0v) is 15.6. The molecule has 1 amide bonds. The maximum absolute atomic E-state index is 12.6. The lowest BCUT2D eigenvalue weighted by atomic mass is 10.1. The van der Waals surface area contributed by atoms with Crippen molar-refractivity contribution in [2.45, 2.75) is 31.7 Å². The second kappa shape index (κ2) is 9.02. The molecule has 1 aromatic heterocycles. The second-order valence-electron chi connectivity index (χ2n) is 6.43. The molecule has 1 aromatic carbocycles. The predicted octanol–water partition coefficient (Wildman–Crippen LogP) is 4.10. The van der Waals surface area contributed by atoms with E-state index in [1.807, 2.05) is 18.2 Å². The third kappa shape index (κ3) is 4.61. The smallest absolute Gasteiger partial charge is 0.255 e. The van der Waals surface area contributed by atoms with Gasteiger partial charge in [0.1, 0.15) is 5.75 Å². The van der Waals surface area contributed by atoms with Crippen LogP contribution in [0.2, 0.25) is 0 Å². The molecule has 0 bridgehead atoms. The number of carbonyl (C=O) groups excluding carboxylic acids is 1. The minimum Gasteiger partial charge on any atom is -0.496 e. The number of nitrogens with zero attached hydrogens (tertiary/aromatic N) is 1. The molecule has 2 heterocycles. The minimum atomic E-state index is -0.0764. The van der Waals surface area contributed by atoms with Gasteiger partial charge in [-0.1, -0.05) is 25.0 Å². The van der Waals surface area contributed by atoms with E-state index in [0.29, 0.717) is 17.9 Å². The van der Waals surface area contributed by atoms with Crippen LogP contribution in [0.15, 0.2) is 41.1 Å². The molecule has 1 atom stereocenters. The van der Waals surface area contributed by atoms with Crippen LogP contribution in [0.5, 0.6) is 5.75 Å². The Bertz CT molecular complexity index is 664. The Morgan fingerprint density at radius 2 is 1.96 bits per heavy atom. The van der Waals surface area contributed by atoms with Gasteiger partial charge in [0.15, 0.2) is 0 Å². The summed E-state index contributed by atoms with van der Waals surface area (Å²) < 4.78 is 5.31. The Morgan fingerprint density at radius 3 is 2.64 bits per heavy atom. The molecule has 1 saturated heterocycles. The molecule has 1 N–H and O–H groups in total. The topological polar surface area (TPSA) is 41.6 Å². The van der Waals surface area contributed by atoms with Crippen LogP contribution in [0, 0.1) is 0 Å². The van der Waals surface area contributed by atoms with Gasteiger partial charge in [-0.05, 0) is 60.5 Å². The van der Waals surface area contributed by atoms with Crippen LogP contribution in [0.25, 0.3) is 0 Å². The van der Waals surface area contributed by atoms with Gasteiger partial charge in [0.25, 0.3) is 5.91 Å². The van der Waals surface area contributed by atoms with E-state index >= 15 is 0 Å². The Labute approximate surface area is 153 Å². The molecule has 0 saturated carbocycles. The van der Waals surface area contributed by atoms with Gasteiger partial charge in [-0.2, -0.15) is 11.3 Å². The fourth-order valence-corrected chi connectivity index (χ4v) is 4.15. The van der Waals surface area contributed by atoms with Crippen LogP contribution >= 0.6 is 11.3 Å². The molecule has 2 aromatic rings. The number of likely N-dealkylation sites (tertiary alicyclic amines) is 1. The van der Waals surface area contributed by atoms with E-state index in [1.54, 1.807) is 24.5 Å². The molecule has 1 aliphatic heterocycles. The Kier molecular flexibility index (Phi) is 6.48. The molecule has 4 nitrogen and oxygen atoms in total. The number of ether oxygens (including phenoxy) is 1. The Balaban J connectivity index is 1.71. The van der Waals surface area contributed by atoms with Crippen molar-refractivity contribution in [1.82, 2.24) is 10.2 Å². The number of benzene rings is 1. The number of hydrogen-bond acceptors (Lipinski definition) is 4. The van der Waals surface area contributed by atoms with E-state index in [1.165, 1.54) is 31.2 Å². The fraction of sp³-hybridized carbons (Fsp3) is 0.450. The Hall–Kier alpha value is -1.85. The number of para-hydroxylation sites is 1. The van der Waals surface area contributed by atoms with Crippen LogP contribution in [0.4, 0.5) is 0 Å². The molecular weight excluding hydrogens is 332 g/mol. The minimum absolute atomic E-state index is 0.0764. The third-order valence-corrected chi connectivity index (χ3v) is 5.52. The lowest BCUT2D eigenvalue weighted by Crippen LogP contribution is -2.38. The van der Waals surface area contributed by atoms with Crippen molar-refractivity contribution in [3.8, 4) is 5.75 Å². The maximum atomic E-state index is 12.6. The first kappa shape index (κ1) is 18.0. The van der Waals surface area contributed by atoms with Gasteiger partial charge in [-0.3, -0.25) is 9.69 Å². The fourth-order valence-electron chi connectivity index (χ4n) is 3.45. The van der Waals surface area contributed by atoms with E-state index < -0.39 is 0 Å². The lowest BCUT2D eigenvalue weighted by Gasteiger charge is -2.30. The highest BCUT2D eigenvalue weighted by molar-refractivity contribution is 7.07. The van der Waals surface area contributed by atoms with Crippen molar-refractivity contribution < 1.29 is 9.53 Å². The number of nitrogens with one attached hydrogen (secondary N) is 1. The van der Waals surface area contributed by atoms with Crippen molar-refractivity contribution in [3.05, 3.63) is 52.2 Å². The first-order chi connectivity index (χ1) is 12.3. The van der Waals surface area contributed by atoms with Crippen LogP contribution in [0.1, 0.15) is 47.6 Å². The molecular formula is C20H26N2O2S. The molecule has 0 radical (unpaired) electrons. The monoisotopic (exact) mass is 358 g/mol. The van der Waals surface area contributed by atoms with Gasteiger partial charge >= 0.3 is 0 Å². The zero-order valence-electron chi connectivity index (χ0n) is 14.7. The largest absolute Gasteiger partial charge is 0.496 e. The molecule has 25 heavy (non-hydrogen) atoms. The summed E-state index contributed by atoms with van der Waals surface area (Å²) >= 11 is 1.71. The number of rotatable bonds is 6. The van der Waals surface area contributed by atoms with Crippen molar-refractivity contribution in [3.63, 3.8) is 0 Å². The second-order valence-corrected chi connectivity index (χ2v) is 7.21. The van der Waals surface area contributed by atoms with Crippen molar-refractivity contribution in [2.75, 3.05) is 26.7 Å². The molecule has 5 heteroatoms. The van der Waals surface area contributed by atoms with Crippen molar-refractivity contribution in [2.24, 2.45) is 0 Å². The quantitative estimate of drug-likeness (QED) is 0.845. The molecule has 0 spiro atoms. The third-order valence-electron chi connectivity index (χ3n) is 4.82.